The van der Waals surface area contributed by atoms with Crippen molar-refractivity contribution < 1.29 is 18.7 Å². The first-order valence-corrected chi connectivity index (χ1v) is 11.7. The molecule has 2 aromatic carbocycles. The Hall–Kier alpha value is -3.23. The molecule has 3 aromatic rings. The maximum atomic E-state index is 5.52. The summed E-state index contributed by atoms with van der Waals surface area (Å²) < 4.78 is 21.7. The number of ether oxygens (including phenoxy) is 3. The lowest BCUT2D eigenvalue weighted by Gasteiger charge is -2.36. The first-order valence-electron chi connectivity index (χ1n) is 11.7. The van der Waals surface area contributed by atoms with Gasteiger partial charge in [0.2, 0.25) is 0 Å². The largest absolute Gasteiger partial charge is 0.497 e. The Balaban J connectivity index is 1.17. The molecular formula is C26H34N4O4. The highest BCUT2D eigenvalue weighted by Gasteiger charge is 2.17. The van der Waals surface area contributed by atoms with Gasteiger partial charge in [-0.3, -0.25) is 4.90 Å². The zero-order valence-corrected chi connectivity index (χ0v) is 20.3. The van der Waals surface area contributed by atoms with Gasteiger partial charge < -0.3 is 29.0 Å². The van der Waals surface area contributed by atoms with E-state index in [4.69, 9.17) is 18.7 Å². The second-order valence-electron chi connectivity index (χ2n) is 8.28. The lowest BCUT2D eigenvalue weighted by molar-refractivity contribution is 0.253. The minimum atomic E-state index is 0.643. The zero-order valence-electron chi connectivity index (χ0n) is 20.3. The SMILES string of the molecule is COc1ccc(N2CCN(CCCNCc3cc(-c4cccc(OC)c4OC)no3)CC2)cc1. The summed E-state index contributed by atoms with van der Waals surface area (Å²) in [5, 5.41) is 7.68. The molecular weight excluding hydrogens is 432 g/mol. The first-order chi connectivity index (χ1) is 16.7. The van der Waals surface area contributed by atoms with Crippen molar-refractivity contribution in [3.8, 4) is 28.5 Å². The molecule has 0 bridgehead atoms. The molecule has 0 amide bonds. The summed E-state index contributed by atoms with van der Waals surface area (Å²) in [4.78, 5) is 4.97. The molecule has 1 aliphatic rings. The highest BCUT2D eigenvalue weighted by atomic mass is 16.5. The summed E-state index contributed by atoms with van der Waals surface area (Å²) in [6, 6.07) is 16.0. The van der Waals surface area contributed by atoms with Gasteiger partial charge in [-0.25, -0.2) is 0 Å². The molecule has 1 aliphatic heterocycles. The van der Waals surface area contributed by atoms with Crippen molar-refractivity contribution in [3.63, 3.8) is 0 Å². The molecule has 0 atom stereocenters. The maximum absolute atomic E-state index is 5.52. The number of anilines is 1. The summed E-state index contributed by atoms with van der Waals surface area (Å²) >= 11 is 0. The molecule has 2 heterocycles. The molecule has 0 saturated carbocycles. The van der Waals surface area contributed by atoms with Crippen molar-refractivity contribution in [1.82, 2.24) is 15.4 Å². The van der Waals surface area contributed by atoms with Crippen molar-refractivity contribution in [2.75, 3.05) is 65.5 Å². The first kappa shape index (κ1) is 23.9. The molecule has 8 nitrogen and oxygen atoms in total. The van der Waals surface area contributed by atoms with E-state index < -0.39 is 0 Å². The molecule has 4 rings (SSSR count). The van der Waals surface area contributed by atoms with Crippen LogP contribution in [-0.4, -0.2) is 70.7 Å². The van der Waals surface area contributed by atoms with Gasteiger partial charge in [0.05, 0.1) is 27.9 Å². The molecule has 0 unspecified atom stereocenters. The topological polar surface area (TPSA) is 72.2 Å². The minimum Gasteiger partial charge on any atom is -0.497 e. The van der Waals surface area contributed by atoms with Gasteiger partial charge in [0.25, 0.3) is 0 Å². The van der Waals surface area contributed by atoms with Gasteiger partial charge in [0.15, 0.2) is 17.3 Å². The fourth-order valence-corrected chi connectivity index (χ4v) is 4.27. The molecule has 34 heavy (non-hydrogen) atoms. The lowest BCUT2D eigenvalue weighted by atomic mass is 10.1. The third-order valence-corrected chi connectivity index (χ3v) is 6.17. The average molecular weight is 467 g/mol. The van der Waals surface area contributed by atoms with E-state index in [-0.39, 0.29) is 0 Å². The van der Waals surface area contributed by atoms with E-state index >= 15 is 0 Å². The van der Waals surface area contributed by atoms with E-state index in [9.17, 15) is 0 Å². The van der Waals surface area contributed by atoms with E-state index in [0.717, 1.165) is 68.5 Å². The van der Waals surface area contributed by atoms with Crippen LogP contribution in [0.2, 0.25) is 0 Å². The van der Waals surface area contributed by atoms with E-state index in [0.29, 0.717) is 18.0 Å². The highest BCUT2D eigenvalue weighted by Crippen LogP contribution is 2.37. The van der Waals surface area contributed by atoms with Gasteiger partial charge in [-0.1, -0.05) is 11.2 Å². The normalized spacial score (nSPS) is 14.3. The number of methoxy groups -OCH3 is 3. The second kappa shape index (κ2) is 11.8. The third-order valence-electron chi connectivity index (χ3n) is 6.17. The molecule has 182 valence electrons. The molecule has 1 fully saturated rings. The average Bonchev–Trinajstić information content (AvgIpc) is 3.37. The van der Waals surface area contributed by atoms with Gasteiger partial charge in [-0.15, -0.1) is 0 Å². The summed E-state index contributed by atoms with van der Waals surface area (Å²) in [5.74, 6) is 3.03. The van der Waals surface area contributed by atoms with Crippen LogP contribution in [-0.2, 0) is 6.54 Å². The van der Waals surface area contributed by atoms with E-state index in [1.807, 2.05) is 36.4 Å². The number of para-hydroxylation sites is 1. The summed E-state index contributed by atoms with van der Waals surface area (Å²) in [6.07, 6.45) is 1.09. The van der Waals surface area contributed by atoms with Gasteiger partial charge in [-0.2, -0.15) is 0 Å². The van der Waals surface area contributed by atoms with Crippen LogP contribution in [0.4, 0.5) is 5.69 Å². The number of aromatic nitrogens is 1. The van der Waals surface area contributed by atoms with Gasteiger partial charge in [0.1, 0.15) is 11.4 Å². The lowest BCUT2D eigenvalue weighted by Crippen LogP contribution is -2.46. The van der Waals surface area contributed by atoms with Crippen LogP contribution in [0, 0.1) is 0 Å². The number of rotatable bonds is 11. The summed E-state index contributed by atoms with van der Waals surface area (Å²) in [7, 11) is 4.95. The zero-order chi connectivity index (χ0) is 23.8. The molecule has 1 N–H and O–H groups in total. The molecule has 1 saturated heterocycles. The van der Waals surface area contributed by atoms with Crippen LogP contribution in [0.1, 0.15) is 12.2 Å². The third kappa shape index (κ3) is 5.81. The predicted molar refractivity (Wildman–Crippen MR) is 133 cm³/mol. The fourth-order valence-electron chi connectivity index (χ4n) is 4.27. The minimum absolute atomic E-state index is 0.643. The number of piperazine rings is 1. The van der Waals surface area contributed by atoms with Crippen LogP contribution < -0.4 is 24.4 Å². The summed E-state index contributed by atoms with van der Waals surface area (Å²) in [5.41, 5.74) is 2.85. The standard InChI is InChI=1S/C26H34N4O4/c1-31-21-10-8-20(9-11-21)30-16-14-29(15-17-30)13-5-12-27-19-22-18-24(28-34-22)23-6-4-7-25(32-2)26(23)33-3/h4,6-11,18,27H,5,12-17,19H2,1-3H3. The van der Waals surface area contributed by atoms with Crippen LogP contribution >= 0.6 is 0 Å². The van der Waals surface area contributed by atoms with Gasteiger partial charge >= 0.3 is 0 Å². The van der Waals surface area contributed by atoms with Crippen molar-refractivity contribution >= 4 is 5.69 Å². The molecule has 0 spiro atoms. The number of benzene rings is 2. The fraction of sp³-hybridized carbons (Fsp3) is 0.423. The molecule has 1 aromatic heterocycles. The molecule has 0 radical (unpaired) electrons. The van der Waals surface area contributed by atoms with Crippen LogP contribution in [0.5, 0.6) is 17.2 Å². The van der Waals surface area contributed by atoms with Crippen molar-refractivity contribution in [1.29, 1.82) is 0 Å². The Labute approximate surface area is 201 Å². The summed E-state index contributed by atoms with van der Waals surface area (Å²) in [6.45, 7) is 6.93. The van der Waals surface area contributed by atoms with E-state index in [1.165, 1.54) is 5.69 Å². The van der Waals surface area contributed by atoms with Crippen LogP contribution in [0.25, 0.3) is 11.3 Å². The quantitative estimate of drug-likeness (QED) is 0.429. The number of hydrogen-bond acceptors (Lipinski definition) is 8. The highest BCUT2D eigenvalue weighted by molar-refractivity contribution is 5.71. The maximum Gasteiger partial charge on any atom is 0.170 e. The van der Waals surface area contributed by atoms with Gasteiger partial charge in [0, 0.05) is 43.5 Å². The number of nitrogens with one attached hydrogen (secondary N) is 1. The van der Waals surface area contributed by atoms with E-state index in [1.54, 1.807) is 21.3 Å². The van der Waals surface area contributed by atoms with Crippen LogP contribution in [0.15, 0.2) is 53.1 Å². The Bertz CT molecular complexity index is 1030. The smallest absolute Gasteiger partial charge is 0.170 e. The molecule has 8 heteroatoms. The Kier molecular flexibility index (Phi) is 8.27. The Morgan fingerprint density at radius 1 is 0.941 bits per heavy atom. The number of hydrogen-bond donors (Lipinski definition) is 1. The Morgan fingerprint density at radius 3 is 2.44 bits per heavy atom. The second-order valence-corrected chi connectivity index (χ2v) is 8.28. The number of nitrogens with zero attached hydrogens (tertiary/aromatic N) is 3. The van der Waals surface area contributed by atoms with E-state index in [2.05, 4.69) is 32.4 Å². The van der Waals surface area contributed by atoms with Crippen molar-refractivity contribution in [2.45, 2.75) is 13.0 Å². The molecule has 0 aliphatic carbocycles. The van der Waals surface area contributed by atoms with Crippen molar-refractivity contribution in [3.05, 3.63) is 54.3 Å². The van der Waals surface area contributed by atoms with Crippen molar-refractivity contribution in [2.24, 2.45) is 0 Å². The predicted octanol–water partition coefficient (Wildman–Crippen LogP) is 3.67. The van der Waals surface area contributed by atoms with Gasteiger partial charge in [-0.05, 0) is 55.9 Å². The Morgan fingerprint density at radius 2 is 1.74 bits per heavy atom. The van der Waals surface area contributed by atoms with Crippen LogP contribution in [0.3, 0.4) is 0 Å². The monoisotopic (exact) mass is 466 g/mol.